The molecule has 0 saturated carbocycles. The molecule has 0 heterocycles. The van der Waals surface area contributed by atoms with Gasteiger partial charge in [-0.05, 0) is 51.8 Å². The van der Waals surface area contributed by atoms with Gasteiger partial charge < -0.3 is 19.9 Å². The fraction of sp³-hybridized carbons (Fsp3) is 0.556. The molecule has 0 aromatic heterocycles. The molecule has 164 valence electrons. The highest BCUT2D eigenvalue weighted by molar-refractivity contribution is 7.46. The zero-order valence-corrected chi connectivity index (χ0v) is 17.6. The van der Waals surface area contributed by atoms with Crippen LogP contribution in [0.2, 0.25) is 0 Å². The predicted octanol–water partition coefficient (Wildman–Crippen LogP) is 3.65. The molecule has 1 aromatic carbocycles. The first-order valence-electron chi connectivity index (χ1n) is 9.10. The van der Waals surface area contributed by atoms with E-state index in [-0.39, 0.29) is 23.6 Å². The number of hydrogen-bond donors (Lipinski definition) is 4. The Labute approximate surface area is 169 Å². The van der Waals surface area contributed by atoms with Gasteiger partial charge in [0.2, 0.25) is 5.91 Å². The number of unbranched alkanes of at least 4 members (excludes halogenated alkanes) is 2. The molecule has 9 nitrogen and oxygen atoms in total. The summed E-state index contributed by atoms with van der Waals surface area (Å²) < 4.78 is 33.5. The van der Waals surface area contributed by atoms with Gasteiger partial charge in [0.25, 0.3) is 0 Å². The van der Waals surface area contributed by atoms with E-state index in [9.17, 15) is 18.5 Å². The minimum Gasteiger partial charge on any atom is -0.444 e. The number of rotatable bonds is 10. The summed E-state index contributed by atoms with van der Waals surface area (Å²) >= 11 is 0. The highest BCUT2D eigenvalue weighted by atomic mass is 31.2. The van der Waals surface area contributed by atoms with Gasteiger partial charge in [-0.1, -0.05) is 6.42 Å². The van der Waals surface area contributed by atoms with Crippen molar-refractivity contribution in [2.24, 2.45) is 0 Å². The highest BCUT2D eigenvalue weighted by Crippen LogP contribution is 2.40. The molecule has 0 bridgehead atoms. The van der Waals surface area contributed by atoms with Gasteiger partial charge in [-0.3, -0.25) is 14.6 Å². The lowest BCUT2D eigenvalue weighted by atomic mass is 10.1. The lowest BCUT2D eigenvalue weighted by Crippen LogP contribution is -2.33. The minimum atomic E-state index is -4.80. The average Bonchev–Trinajstić information content (AvgIpc) is 2.56. The number of amides is 2. The van der Waals surface area contributed by atoms with Crippen molar-refractivity contribution in [1.82, 2.24) is 5.32 Å². The van der Waals surface area contributed by atoms with Crippen LogP contribution in [0.25, 0.3) is 0 Å². The van der Waals surface area contributed by atoms with E-state index in [1.54, 1.807) is 20.8 Å². The quantitative estimate of drug-likeness (QED) is 0.326. The molecule has 0 radical (unpaired) electrons. The summed E-state index contributed by atoms with van der Waals surface area (Å²) in [4.78, 5) is 41.1. The monoisotopic (exact) mass is 434 g/mol. The van der Waals surface area contributed by atoms with Crippen LogP contribution in [0.3, 0.4) is 0 Å². The summed E-state index contributed by atoms with van der Waals surface area (Å²) in [6.07, 6.45) is 1.75. The van der Waals surface area contributed by atoms with Crippen molar-refractivity contribution in [2.75, 3.05) is 11.9 Å². The van der Waals surface area contributed by atoms with Gasteiger partial charge in [0.15, 0.2) is 0 Å². The molecule has 0 unspecified atom stereocenters. The third-order valence-electron chi connectivity index (χ3n) is 3.45. The van der Waals surface area contributed by atoms with Gasteiger partial charge in [0, 0.05) is 24.2 Å². The first-order valence-corrected chi connectivity index (χ1v) is 10.6. The second-order valence-electron chi connectivity index (χ2n) is 7.33. The first kappa shape index (κ1) is 24.9. The normalized spacial score (nSPS) is 11.7. The standard InChI is InChI=1S/C18H28FN2O7P/c1-18(2,3)27-17(23)20-10-6-4-5-7-16(22)21-14-8-9-15(13(11-14)12-19)28-29(24,25)26/h8-9,11H,4-7,10,12H2,1-3H3,(H,20,23)(H,21,22)(H2,24,25,26). The van der Waals surface area contributed by atoms with Crippen LogP contribution in [0.4, 0.5) is 14.9 Å². The van der Waals surface area contributed by atoms with Gasteiger partial charge in [-0.15, -0.1) is 0 Å². The molecule has 0 fully saturated rings. The van der Waals surface area contributed by atoms with Crippen LogP contribution in [-0.2, 0) is 20.8 Å². The summed E-state index contributed by atoms with van der Waals surface area (Å²) in [6.45, 7) is 4.76. The number of carbonyl (C=O) groups is 2. The fourth-order valence-electron chi connectivity index (χ4n) is 2.29. The number of ether oxygens (including phenoxy) is 1. The molecular weight excluding hydrogens is 406 g/mol. The number of nitrogens with one attached hydrogen (secondary N) is 2. The van der Waals surface area contributed by atoms with Crippen LogP contribution in [0.5, 0.6) is 5.75 Å². The van der Waals surface area contributed by atoms with E-state index < -0.39 is 26.2 Å². The number of halogens is 1. The lowest BCUT2D eigenvalue weighted by molar-refractivity contribution is -0.116. The molecule has 1 aromatic rings. The molecule has 29 heavy (non-hydrogen) atoms. The molecule has 0 aliphatic rings. The van der Waals surface area contributed by atoms with Crippen molar-refractivity contribution < 1.29 is 37.6 Å². The van der Waals surface area contributed by atoms with Crippen LogP contribution < -0.4 is 15.2 Å². The molecule has 11 heteroatoms. The molecule has 0 atom stereocenters. The number of carbonyl (C=O) groups excluding carboxylic acids is 2. The number of phosphoric ester groups is 1. The summed E-state index contributed by atoms with van der Waals surface area (Å²) in [6, 6.07) is 3.81. The number of phosphoric acid groups is 1. The van der Waals surface area contributed by atoms with Crippen LogP contribution in [0, 0.1) is 0 Å². The smallest absolute Gasteiger partial charge is 0.444 e. The van der Waals surface area contributed by atoms with E-state index in [1.165, 1.54) is 18.2 Å². The SMILES string of the molecule is CC(C)(C)OC(=O)NCCCCCC(=O)Nc1ccc(OP(=O)(O)O)c(CF)c1. The van der Waals surface area contributed by atoms with Crippen molar-refractivity contribution in [3.05, 3.63) is 23.8 Å². The van der Waals surface area contributed by atoms with Crippen LogP contribution in [-0.4, -0.2) is 33.9 Å². The van der Waals surface area contributed by atoms with Crippen molar-refractivity contribution in [3.8, 4) is 5.75 Å². The zero-order chi connectivity index (χ0) is 22.1. The van der Waals surface area contributed by atoms with Crippen molar-refractivity contribution >= 4 is 25.5 Å². The van der Waals surface area contributed by atoms with Crippen LogP contribution >= 0.6 is 7.82 Å². The Balaban J connectivity index is 2.34. The third kappa shape index (κ3) is 11.4. The lowest BCUT2D eigenvalue weighted by Gasteiger charge is -2.19. The highest BCUT2D eigenvalue weighted by Gasteiger charge is 2.19. The van der Waals surface area contributed by atoms with Gasteiger partial charge in [-0.2, -0.15) is 0 Å². The molecule has 0 spiro atoms. The Morgan fingerprint density at radius 1 is 1.17 bits per heavy atom. The van der Waals surface area contributed by atoms with Gasteiger partial charge in [-0.25, -0.2) is 13.8 Å². The van der Waals surface area contributed by atoms with E-state index in [1.807, 2.05) is 0 Å². The largest absolute Gasteiger partial charge is 0.524 e. The van der Waals surface area contributed by atoms with Crippen LogP contribution in [0.15, 0.2) is 18.2 Å². The van der Waals surface area contributed by atoms with E-state index >= 15 is 0 Å². The maximum absolute atomic E-state index is 13.1. The Bertz CT molecular complexity index is 746. The summed E-state index contributed by atoms with van der Waals surface area (Å²) in [5, 5.41) is 5.23. The van der Waals surface area contributed by atoms with E-state index in [0.29, 0.717) is 31.5 Å². The number of hydrogen-bond acceptors (Lipinski definition) is 5. The molecule has 0 aliphatic heterocycles. The second-order valence-corrected chi connectivity index (χ2v) is 8.49. The number of benzene rings is 1. The van der Waals surface area contributed by atoms with Crippen molar-refractivity contribution in [3.63, 3.8) is 0 Å². The average molecular weight is 434 g/mol. The van der Waals surface area contributed by atoms with Crippen LogP contribution in [0.1, 0.15) is 52.0 Å². The summed E-state index contributed by atoms with van der Waals surface area (Å²) in [5.41, 5.74) is -0.337. The topological polar surface area (TPSA) is 134 Å². The molecule has 1 rings (SSSR count). The van der Waals surface area contributed by atoms with E-state index in [0.717, 1.165) is 0 Å². The summed E-state index contributed by atoms with van der Waals surface area (Å²) in [5.74, 6) is -0.560. The molecule has 0 aliphatic carbocycles. The number of anilines is 1. The third-order valence-corrected chi connectivity index (χ3v) is 3.89. The number of alkyl halides is 1. The van der Waals surface area contributed by atoms with Gasteiger partial charge in [0.05, 0.1) is 0 Å². The Morgan fingerprint density at radius 2 is 1.86 bits per heavy atom. The minimum absolute atomic E-state index is 0.0839. The molecule has 0 saturated heterocycles. The second kappa shape index (κ2) is 11.1. The van der Waals surface area contributed by atoms with Crippen molar-refractivity contribution in [1.29, 1.82) is 0 Å². The van der Waals surface area contributed by atoms with E-state index in [2.05, 4.69) is 15.2 Å². The van der Waals surface area contributed by atoms with Crippen molar-refractivity contribution in [2.45, 2.75) is 58.7 Å². The molecule has 2 amide bonds. The van der Waals surface area contributed by atoms with E-state index in [4.69, 9.17) is 14.5 Å². The molecular formula is C18H28FN2O7P. The summed E-state index contributed by atoms with van der Waals surface area (Å²) in [7, 11) is -4.80. The van der Waals surface area contributed by atoms with Gasteiger partial charge in [0.1, 0.15) is 18.0 Å². The predicted molar refractivity (Wildman–Crippen MR) is 105 cm³/mol. The molecule has 4 N–H and O–H groups in total. The Hall–Kier alpha value is -2.16. The zero-order valence-electron chi connectivity index (χ0n) is 16.7. The maximum atomic E-state index is 13.1. The Kier molecular flexibility index (Phi) is 9.55. The maximum Gasteiger partial charge on any atom is 0.524 e. The number of alkyl carbamates (subject to hydrolysis) is 1. The Morgan fingerprint density at radius 3 is 2.45 bits per heavy atom. The van der Waals surface area contributed by atoms with Gasteiger partial charge >= 0.3 is 13.9 Å². The first-order chi connectivity index (χ1) is 13.4. The fourth-order valence-corrected chi connectivity index (χ4v) is 2.73.